The van der Waals surface area contributed by atoms with Gasteiger partial charge < -0.3 is 10.8 Å². The minimum atomic E-state index is -0.846. The third-order valence-corrected chi connectivity index (χ3v) is 2.93. The summed E-state index contributed by atoms with van der Waals surface area (Å²) >= 11 is 0. The molecule has 0 aliphatic carbocycles. The van der Waals surface area contributed by atoms with E-state index in [0.29, 0.717) is 6.54 Å². The van der Waals surface area contributed by atoms with Crippen LogP contribution in [0.3, 0.4) is 0 Å². The van der Waals surface area contributed by atoms with Crippen molar-refractivity contribution in [3.63, 3.8) is 0 Å². The van der Waals surface area contributed by atoms with Gasteiger partial charge in [-0.2, -0.15) is 0 Å². The van der Waals surface area contributed by atoms with Gasteiger partial charge in [0.05, 0.1) is 0 Å². The number of benzene rings is 2. The predicted octanol–water partition coefficient (Wildman–Crippen LogP) is 2.36. The summed E-state index contributed by atoms with van der Waals surface area (Å²) in [6, 6.07) is 16.6. The van der Waals surface area contributed by atoms with E-state index in [4.69, 9.17) is 5.73 Å². The fraction of sp³-hybridized carbons (Fsp3) is 0.133. The Kier molecular flexibility index (Phi) is 3.75. The van der Waals surface area contributed by atoms with Crippen LogP contribution in [0.4, 0.5) is 0 Å². The maximum atomic E-state index is 11.4. The first-order valence-electron chi connectivity index (χ1n) is 5.79. The maximum absolute atomic E-state index is 11.4. The summed E-state index contributed by atoms with van der Waals surface area (Å²) in [4.78, 5) is 11.4. The highest BCUT2D eigenvalue weighted by Crippen LogP contribution is 2.25. The van der Waals surface area contributed by atoms with E-state index in [1.165, 1.54) is 0 Å². The summed E-state index contributed by atoms with van der Waals surface area (Å²) in [5.74, 6) is -1.47. The Hall–Kier alpha value is -2.13. The Bertz CT molecular complexity index is 520. The Morgan fingerprint density at radius 2 is 1.56 bits per heavy atom. The van der Waals surface area contributed by atoms with Gasteiger partial charge in [0.1, 0.15) is 5.92 Å². The number of carbonyl (C=O) groups is 1. The Morgan fingerprint density at radius 3 is 2.06 bits per heavy atom. The predicted molar refractivity (Wildman–Crippen MR) is 70.3 cm³/mol. The molecule has 0 saturated carbocycles. The number of carboxylic acids is 1. The average molecular weight is 241 g/mol. The zero-order valence-corrected chi connectivity index (χ0v) is 9.91. The summed E-state index contributed by atoms with van der Waals surface area (Å²) < 4.78 is 0. The number of nitrogens with two attached hydrogens (primary N) is 1. The molecule has 0 radical (unpaired) electrons. The van der Waals surface area contributed by atoms with Gasteiger partial charge in [-0.15, -0.1) is 0 Å². The molecule has 0 amide bonds. The van der Waals surface area contributed by atoms with E-state index in [9.17, 15) is 9.90 Å². The van der Waals surface area contributed by atoms with E-state index in [1.54, 1.807) is 0 Å². The molecule has 0 bridgehead atoms. The van der Waals surface area contributed by atoms with Crippen molar-refractivity contribution >= 4 is 5.97 Å². The van der Waals surface area contributed by atoms with Crippen molar-refractivity contribution < 1.29 is 9.90 Å². The van der Waals surface area contributed by atoms with Gasteiger partial charge in [0.2, 0.25) is 0 Å². The van der Waals surface area contributed by atoms with Crippen LogP contribution in [0, 0.1) is 0 Å². The van der Waals surface area contributed by atoms with Crippen LogP contribution in [-0.2, 0) is 11.3 Å². The van der Waals surface area contributed by atoms with E-state index in [-0.39, 0.29) is 0 Å². The van der Waals surface area contributed by atoms with Gasteiger partial charge in [-0.05, 0) is 16.7 Å². The number of carboxylic acid groups (broad SMARTS) is 1. The topological polar surface area (TPSA) is 63.3 Å². The molecule has 0 aliphatic heterocycles. The highest BCUT2D eigenvalue weighted by molar-refractivity contribution is 5.80. The molecule has 0 aliphatic rings. The van der Waals surface area contributed by atoms with Gasteiger partial charge in [-0.1, -0.05) is 54.6 Å². The Labute approximate surface area is 106 Å². The number of aliphatic carboxylic acids is 1. The lowest BCUT2D eigenvalue weighted by Crippen LogP contribution is -2.13. The first-order valence-corrected chi connectivity index (χ1v) is 5.79. The minimum absolute atomic E-state index is 0.462. The van der Waals surface area contributed by atoms with Crippen LogP contribution >= 0.6 is 0 Å². The van der Waals surface area contributed by atoms with Gasteiger partial charge in [-0.3, -0.25) is 4.79 Å². The third-order valence-electron chi connectivity index (χ3n) is 2.93. The Balaban J connectivity index is 2.39. The van der Waals surface area contributed by atoms with Crippen LogP contribution in [0.5, 0.6) is 0 Å². The van der Waals surface area contributed by atoms with Crippen LogP contribution < -0.4 is 5.73 Å². The molecule has 2 rings (SSSR count). The second kappa shape index (κ2) is 5.47. The van der Waals surface area contributed by atoms with Crippen molar-refractivity contribution in [2.75, 3.05) is 0 Å². The molecule has 1 atom stereocenters. The van der Waals surface area contributed by atoms with E-state index >= 15 is 0 Å². The van der Waals surface area contributed by atoms with Crippen molar-refractivity contribution in [1.82, 2.24) is 0 Å². The van der Waals surface area contributed by atoms with Crippen molar-refractivity contribution in [3.8, 4) is 0 Å². The van der Waals surface area contributed by atoms with Crippen LogP contribution in [0.1, 0.15) is 22.6 Å². The lowest BCUT2D eigenvalue weighted by Gasteiger charge is -2.13. The molecule has 3 N–H and O–H groups in total. The van der Waals surface area contributed by atoms with E-state index in [2.05, 4.69) is 0 Å². The third kappa shape index (κ3) is 2.57. The van der Waals surface area contributed by atoms with Crippen LogP contribution in [0.2, 0.25) is 0 Å². The fourth-order valence-electron chi connectivity index (χ4n) is 1.97. The smallest absolute Gasteiger partial charge is 0.315 e. The molecule has 0 spiro atoms. The second-order valence-electron chi connectivity index (χ2n) is 4.13. The van der Waals surface area contributed by atoms with Gasteiger partial charge in [0, 0.05) is 6.54 Å². The lowest BCUT2D eigenvalue weighted by atomic mass is 9.91. The fourth-order valence-corrected chi connectivity index (χ4v) is 1.97. The molecule has 0 aromatic heterocycles. The summed E-state index contributed by atoms with van der Waals surface area (Å²) in [5.41, 5.74) is 8.08. The van der Waals surface area contributed by atoms with Crippen LogP contribution in [0.15, 0.2) is 54.6 Å². The monoisotopic (exact) mass is 241 g/mol. The zero-order valence-electron chi connectivity index (χ0n) is 9.91. The van der Waals surface area contributed by atoms with Crippen LogP contribution in [-0.4, -0.2) is 11.1 Å². The SMILES string of the molecule is NCc1ccc(C(C(=O)O)c2ccccc2)cc1. The maximum Gasteiger partial charge on any atom is 0.315 e. The van der Waals surface area contributed by atoms with Crippen molar-refractivity contribution in [2.24, 2.45) is 5.73 Å². The van der Waals surface area contributed by atoms with Gasteiger partial charge in [0.25, 0.3) is 0 Å². The van der Waals surface area contributed by atoms with E-state index < -0.39 is 11.9 Å². The molecule has 0 heterocycles. The average Bonchev–Trinajstić information content (AvgIpc) is 2.40. The van der Waals surface area contributed by atoms with Crippen LogP contribution in [0.25, 0.3) is 0 Å². The van der Waals surface area contributed by atoms with Gasteiger partial charge in [-0.25, -0.2) is 0 Å². The Morgan fingerprint density at radius 1 is 1.00 bits per heavy atom. The van der Waals surface area contributed by atoms with E-state index in [0.717, 1.165) is 16.7 Å². The summed E-state index contributed by atoms with van der Waals surface area (Å²) in [5, 5.41) is 9.38. The molecule has 2 aromatic rings. The van der Waals surface area contributed by atoms with Gasteiger partial charge >= 0.3 is 5.97 Å². The van der Waals surface area contributed by atoms with Crippen molar-refractivity contribution in [1.29, 1.82) is 0 Å². The standard InChI is InChI=1S/C15H15NO2/c16-10-11-6-8-13(9-7-11)14(15(17)18)12-4-2-1-3-5-12/h1-9,14H,10,16H2,(H,17,18). The van der Waals surface area contributed by atoms with Crippen molar-refractivity contribution in [2.45, 2.75) is 12.5 Å². The quantitative estimate of drug-likeness (QED) is 0.863. The highest BCUT2D eigenvalue weighted by atomic mass is 16.4. The summed E-state index contributed by atoms with van der Waals surface area (Å²) in [7, 11) is 0. The molecule has 1 unspecified atom stereocenters. The molecular weight excluding hydrogens is 226 g/mol. The molecule has 0 saturated heterocycles. The van der Waals surface area contributed by atoms with Crippen molar-refractivity contribution in [3.05, 3.63) is 71.3 Å². The molecule has 2 aromatic carbocycles. The largest absolute Gasteiger partial charge is 0.481 e. The summed E-state index contributed by atoms with van der Waals surface area (Å²) in [6.45, 7) is 0.462. The zero-order chi connectivity index (χ0) is 13.0. The molecule has 92 valence electrons. The minimum Gasteiger partial charge on any atom is -0.481 e. The second-order valence-corrected chi connectivity index (χ2v) is 4.13. The molecule has 18 heavy (non-hydrogen) atoms. The van der Waals surface area contributed by atoms with E-state index in [1.807, 2.05) is 54.6 Å². The summed E-state index contributed by atoms with van der Waals surface area (Å²) in [6.07, 6.45) is 0. The molecule has 3 nitrogen and oxygen atoms in total. The highest BCUT2D eigenvalue weighted by Gasteiger charge is 2.21. The number of hydrogen-bond donors (Lipinski definition) is 2. The first kappa shape index (κ1) is 12.3. The number of rotatable bonds is 4. The molecule has 0 fully saturated rings. The normalized spacial score (nSPS) is 12.1. The van der Waals surface area contributed by atoms with Gasteiger partial charge in [0.15, 0.2) is 0 Å². The number of hydrogen-bond acceptors (Lipinski definition) is 2. The first-order chi connectivity index (χ1) is 8.72. The molecular formula is C15H15NO2. The lowest BCUT2D eigenvalue weighted by molar-refractivity contribution is -0.137. The molecule has 3 heteroatoms.